The van der Waals surface area contributed by atoms with Crippen molar-refractivity contribution in [1.82, 2.24) is 0 Å². The number of nitrogens with zero attached hydrogens (tertiary/aromatic N) is 1. The van der Waals surface area contributed by atoms with Crippen molar-refractivity contribution in [1.29, 1.82) is 0 Å². The Morgan fingerprint density at radius 1 is 0.636 bits per heavy atom. The number of aryl methyl sites for hydroxylation is 1. The molecule has 0 fully saturated rings. The van der Waals surface area contributed by atoms with E-state index in [2.05, 4.69) is 123 Å². The lowest BCUT2D eigenvalue weighted by Crippen LogP contribution is -2.29. The van der Waals surface area contributed by atoms with Crippen molar-refractivity contribution in [2.75, 3.05) is 4.90 Å². The molecule has 4 aromatic rings. The summed E-state index contributed by atoms with van der Waals surface area (Å²) in [5, 5.41) is 0. The summed E-state index contributed by atoms with van der Waals surface area (Å²) < 4.78 is 14.0. The van der Waals surface area contributed by atoms with Gasteiger partial charge in [-0.3, -0.25) is 0 Å². The number of rotatable bonds is 4. The van der Waals surface area contributed by atoms with E-state index in [0.717, 1.165) is 48.6 Å². The highest BCUT2D eigenvalue weighted by Gasteiger charge is 2.31. The Bertz CT molecular complexity index is 1270. The molecule has 1 heterocycles. The molecule has 0 unspecified atom stereocenters. The van der Waals surface area contributed by atoms with Gasteiger partial charge >= 0.3 is 0 Å². The largest absolute Gasteiger partial charge is 0.449 e. The van der Waals surface area contributed by atoms with Crippen molar-refractivity contribution in [2.45, 2.75) is 26.6 Å². The predicted molar refractivity (Wildman–Crippen MR) is 142 cm³/mol. The molecule has 0 aromatic heterocycles. The number of hydrogen-bond acceptors (Lipinski definition) is 3. The second-order valence-electron chi connectivity index (χ2n) is 8.55. The van der Waals surface area contributed by atoms with Crippen LogP contribution in [-0.4, -0.2) is 5.79 Å². The molecule has 166 valence electrons. The van der Waals surface area contributed by atoms with E-state index >= 15 is 0 Å². The van der Waals surface area contributed by atoms with Crippen molar-refractivity contribution in [3.05, 3.63) is 99.4 Å². The zero-order chi connectivity index (χ0) is 23.2. The lowest BCUT2D eigenvalue weighted by Gasteiger charge is -2.26. The summed E-state index contributed by atoms with van der Waals surface area (Å²) in [6, 6.07) is 29.5. The monoisotopic (exact) mass is 563 g/mol. The molecule has 3 nitrogen and oxygen atoms in total. The first kappa shape index (κ1) is 22.1. The fourth-order valence-electron chi connectivity index (χ4n) is 4.08. The van der Waals surface area contributed by atoms with Gasteiger partial charge in [0.05, 0.1) is 0 Å². The summed E-state index contributed by atoms with van der Waals surface area (Å²) in [6.07, 6.45) is 0. The van der Waals surface area contributed by atoms with E-state index in [4.69, 9.17) is 9.47 Å². The lowest BCUT2D eigenvalue weighted by molar-refractivity contribution is -0.0431. The maximum Gasteiger partial charge on any atom is 0.246 e. The first-order valence-electron chi connectivity index (χ1n) is 10.7. The van der Waals surface area contributed by atoms with Gasteiger partial charge in [-0.1, -0.05) is 44.0 Å². The summed E-state index contributed by atoms with van der Waals surface area (Å²) in [7, 11) is 0. The summed E-state index contributed by atoms with van der Waals surface area (Å²) in [5.41, 5.74) is 6.70. The number of fused-ring (bicyclic) bond motifs is 1. The Hall–Kier alpha value is -2.76. The van der Waals surface area contributed by atoms with Gasteiger partial charge in [-0.15, -0.1) is 0 Å². The third kappa shape index (κ3) is 4.53. The number of hydrogen-bond donors (Lipinski definition) is 0. The molecule has 33 heavy (non-hydrogen) atoms. The van der Waals surface area contributed by atoms with Crippen LogP contribution in [0.25, 0.3) is 11.1 Å². The van der Waals surface area contributed by atoms with Gasteiger partial charge in [0.25, 0.3) is 0 Å². The number of benzene rings is 4. The lowest BCUT2D eigenvalue weighted by atomic mass is 9.98. The Morgan fingerprint density at radius 3 is 1.79 bits per heavy atom. The molecule has 0 saturated heterocycles. The van der Waals surface area contributed by atoms with E-state index in [-0.39, 0.29) is 0 Å². The topological polar surface area (TPSA) is 21.7 Å². The maximum absolute atomic E-state index is 5.99. The Balaban J connectivity index is 1.61. The van der Waals surface area contributed by atoms with Crippen LogP contribution in [0.1, 0.15) is 19.4 Å². The summed E-state index contributed by atoms with van der Waals surface area (Å²) >= 11 is 7.11. The van der Waals surface area contributed by atoms with Crippen LogP contribution in [-0.2, 0) is 0 Å². The fraction of sp³-hybridized carbons (Fsp3) is 0.143. The molecule has 0 aliphatic carbocycles. The Kier molecular flexibility index (Phi) is 5.71. The van der Waals surface area contributed by atoms with Gasteiger partial charge in [-0.25, -0.2) is 0 Å². The van der Waals surface area contributed by atoms with Crippen molar-refractivity contribution in [3.63, 3.8) is 0 Å². The average Bonchev–Trinajstić information content (AvgIpc) is 3.10. The van der Waals surface area contributed by atoms with Crippen molar-refractivity contribution >= 4 is 48.9 Å². The molecule has 4 aromatic carbocycles. The van der Waals surface area contributed by atoms with Gasteiger partial charge in [0, 0.05) is 39.9 Å². The van der Waals surface area contributed by atoms with E-state index in [1.807, 2.05) is 19.9 Å². The van der Waals surface area contributed by atoms with E-state index in [0.29, 0.717) is 0 Å². The molecule has 0 atom stereocenters. The molecule has 0 radical (unpaired) electrons. The minimum absolute atomic E-state index is 0.641. The van der Waals surface area contributed by atoms with E-state index in [1.54, 1.807) is 0 Å². The third-order valence-electron chi connectivity index (χ3n) is 5.62. The molecule has 0 N–H and O–H groups in total. The van der Waals surface area contributed by atoms with Crippen LogP contribution < -0.4 is 14.4 Å². The first-order valence-corrected chi connectivity index (χ1v) is 12.3. The molecular weight excluding hydrogens is 542 g/mol. The van der Waals surface area contributed by atoms with Crippen LogP contribution in [0.5, 0.6) is 11.5 Å². The standard InChI is InChI=1S/C28H23Br2NO2/c1-18-4-10-24(17-25(18)19-5-15-26-27(16-19)33-28(2,3)32-26)31(22-11-6-20(29)7-12-22)23-13-8-21(30)9-14-23/h4-17H,1-3H3. The van der Waals surface area contributed by atoms with Gasteiger partial charge in [0.1, 0.15) is 0 Å². The van der Waals surface area contributed by atoms with Crippen LogP contribution in [0.4, 0.5) is 17.1 Å². The second kappa shape index (κ2) is 8.54. The quantitative estimate of drug-likeness (QED) is 0.246. The van der Waals surface area contributed by atoms with Crippen LogP contribution in [0.3, 0.4) is 0 Å². The summed E-state index contributed by atoms with van der Waals surface area (Å²) in [6.45, 7) is 5.98. The van der Waals surface area contributed by atoms with Crippen LogP contribution in [0, 0.1) is 6.92 Å². The normalized spacial score (nSPS) is 13.7. The van der Waals surface area contributed by atoms with Crippen LogP contribution >= 0.6 is 31.9 Å². The zero-order valence-corrected chi connectivity index (χ0v) is 21.8. The van der Waals surface area contributed by atoms with Crippen LogP contribution in [0.15, 0.2) is 93.9 Å². The zero-order valence-electron chi connectivity index (χ0n) is 18.6. The Labute approximate surface area is 211 Å². The van der Waals surface area contributed by atoms with Gasteiger partial charge < -0.3 is 14.4 Å². The summed E-state index contributed by atoms with van der Waals surface area (Å²) in [5.74, 6) is 0.918. The molecule has 1 aliphatic heterocycles. The van der Waals surface area contributed by atoms with Gasteiger partial charge in [-0.05, 0) is 96.4 Å². The molecule has 5 heteroatoms. The smallest absolute Gasteiger partial charge is 0.246 e. The highest BCUT2D eigenvalue weighted by Crippen LogP contribution is 2.43. The molecular formula is C28H23Br2NO2. The van der Waals surface area contributed by atoms with Crippen molar-refractivity contribution < 1.29 is 9.47 Å². The Morgan fingerprint density at radius 2 is 1.18 bits per heavy atom. The minimum Gasteiger partial charge on any atom is -0.449 e. The summed E-state index contributed by atoms with van der Waals surface area (Å²) in [4.78, 5) is 2.26. The third-order valence-corrected chi connectivity index (χ3v) is 6.67. The molecule has 0 saturated carbocycles. The maximum atomic E-state index is 5.99. The van der Waals surface area contributed by atoms with E-state index in [9.17, 15) is 0 Å². The number of halogens is 2. The number of anilines is 3. The van der Waals surface area contributed by atoms with E-state index in [1.165, 1.54) is 5.56 Å². The highest BCUT2D eigenvalue weighted by atomic mass is 79.9. The molecule has 5 rings (SSSR count). The van der Waals surface area contributed by atoms with Crippen molar-refractivity contribution in [2.24, 2.45) is 0 Å². The molecule has 1 aliphatic rings. The second-order valence-corrected chi connectivity index (χ2v) is 10.4. The van der Waals surface area contributed by atoms with Crippen LogP contribution in [0.2, 0.25) is 0 Å². The molecule has 0 spiro atoms. The van der Waals surface area contributed by atoms with Gasteiger partial charge in [-0.2, -0.15) is 0 Å². The average molecular weight is 565 g/mol. The first-order chi connectivity index (χ1) is 15.8. The molecule has 0 amide bonds. The van der Waals surface area contributed by atoms with E-state index < -0.39 is 5.79 Å². The van der Waals surface area contributed by atoms with Crippen molar-refractivity contribution in [3.8, 4) is 22.6 Å². The SMILES string of the molecule is Cc1ccc(N(c2ccc(Br)cc2)c2ccc(Br)cc2)cc1-c1ccc2c(c1)OC(C)(C)O2. The van der Waals surface area contributed by atoms with Gasteiger partial charge in [0.15, 0.2) is 11.5 Å². The molecule has 0 bridgehead atoms. The fourth-order valence-corrected chi connectivity index (χ4v) is 4.61. The highest BCUT2D eigenvalue weighted by molar-refractivity contribution is 9.10. The minimum atomic E-state index is -0.641. The number of ether oxygens (including phenoxy) is 2. The van der Waals surface area contributed by atoms with Gasteiger partial charge in [0.2, 0.25) is 5.79 Å². The predicted octanol–water partition coefficient (Wildman–Crippen LogP) is 9.16.